The summed E-state index contributed by atoms with van der Waals surface area (Å²) in [5.41, 5.74) is 1.48. The van der Waals surface area contributed by atoms with E-state index in [1.54, 1.807) is 0 Å². The molecule has 0 aromatic heterocycles. The van der Waals surface area contributed by atoms with E-state index in [9.17, 15) is 0 Å². The van der Waals surface area contributed by atoms with Gasteiger partial charge in [-0.25, -0.2) is 0 Å². The lowest BCUT2D eigenvalue weighted by atomic mass is 9.93. The summed E-state index contributed by atoms with van der Waals surface area (Å²) in [6.07, 6.45) is 3.57. The van der Waals surface area contributed by atoms with Crippen LogP contribution in [0, 0.1) is 0 Å². The van der Waals surface area contributed by atoms with Gasteiger partial charge in [-0.05, 0) is 34.1 Å². The Kier molecular flexibility index (Phi) is 3.73. The maximum absolute atomic E-state index is 5.87. The molecule has 2 unspecified atom stereocenters. The van der Waals surface area contributed by atoms with E-state index >= 15 is 0 Å². The number of rotatable bonds is 2. The number of hydrogen-bond donors (Lipinski definition) is 1. The Morgan fingerprint density at radius 3 is 2.71 bits per heavy atom. The molecule has 0 aromatic carbocycles. The Labute approximate surface area is 87.7 Å². The van der Waals surface area contributed by atoms with Crippen LogP contribution in [-0.2, 0) is 4.74 Å². The molecule has 82 valence electrons. The molecule has 1 fully saturated rings. The van der Waals surface area contributed by atoms with Crippen molar-refractivity contribution in [1.82, 2.24) is 5.32 Å². The first-order chi connectivity index (χ1) is 6.50. The first kappa shape index (κ1) is 11.7. The van der Waals surface area contributed by atoms with E-state index in [0.29, 0.717) is 12.1 Å². The van der Waals surface area contributed by atoms with Crippen molar-refractivity contribution in [2.75, 3.05) is 6.61 Å². The Balaban J connectivity index is 2.75. The van der Waals surface area contributed by atoms with E-state index < -0.39 is 0 Å². The lowest BCUT2D eigenvalue weighted by Crippen LogP contribution is -2.59. The van der Waals surface area contributed by atoms with E-state index in [0.717, 1.165) is 13.0 Å². The molecule has 2 atom stereocenters. The third kappa shape index (κ3) is 2.58. The maximum atomic E-state index is 5.87. The summed E-state index contributed by atoms with van der Waals surface area (Å²) in [4.78, 5) is 0. The highest BCUT2D eigenvalue weighted by Gasteiger charge is 2.34. The fourth-order valence-corrected chi connectivity index (χ4v) is 1.91. The van der Waals surface area contributed by atoms with Crippen LogP contribution in [0.3, 0.4) is 0 Å². The van der Waals surface area contributed by atoms with Crippen LogP contribution in [0.25, 0.3) is 0 Å². The number of hydrogen-bond acceptors (Lipinski definition) is 2. The van der Waals surface area contributed by atoms with Crippen molar-refractivity contribution in [1.29, 1.82) is 0 Å². The summed E-state index contributed by atoms with van der Waals surface area (Å²) in [7, 11) is 0. The predicted molar refractivity (Wildman–Crippen MR) is 60.5 cm³/mol. The van der Waals surface area contributed by atoms with Gasteiger partial charge in [-0.2, -0.15) is 0 Å². The first-order valence-electron chi connectivity index (χ1n) is 5.52. The number of allylic oxidation sites excluding steroid dienone is 1. The summed E-state index contributed by atoms with van der Waals surface area (Å²) in [6, 6.07) is 0.383. The van der Waals surface area contributed by atoms with Crippen molar-refractivity contribution in [2.24, 2.45) is 0 Å². The minimum atomic E-state index is 0.0978. The summed E-state index contributed by atoms with van der Waals surface area (Å²) in [5, 5.41) is 3.65. The Hall–Kier alpha value is -0.340. The summed E-state index contributed by atoms with van der Waals surface area (Å²) >= 11 is 0. The Morgan fingerprint density at radius 2 is 2.21 bits per heavy atom. The fraction of sp³-hybridized carbons (Fsp3) is 0.833. The minimum absolute atomic E-state index is 0.0978. The third-order valence-corrected chi connectivity index (χ3v) is 2.92. The second-order valence-corrected chi connectivity index (χ2v) is 4.80. The normalized spacial score (nSPS) is 33.1. The highest BCUT2D eigenvalue weighted by atomic mass is 16.5. The smallest absolute Gasteiger partial charge is 0.0764 e. The molecule has 1 heterocycles. The van der Waals surface area contributed by atoms with E-state index in [1.807, 2.05) is 0 Å². The molecule has 0 saturated carbocycles. The Bertz CT molecular complexity index is 220. The van der Waals surface area contributed by atoms with E-state index in [-0.39, 0.29) is 5.54 Å². The zero-order valence-corrected chi connectivity index (χ0v) is 10.1. The van der Waals surface area contributed by atoms with Crippen LogP contribution in [0.5, 0.6) is 0 Å². The standard InChI is InChI=1S/C12H23NO/c1-6-9(3)11-10(7-2)14-8-12(4,5)13-11/h6,10-11,13H,7-8H2,1-5H3/b9-6+. The maximum Gasteiger partial charge on any atom is 0.0764 e. The average molecular weight is 197 g/mol. The zero-order chi connectivity index (χ0) is 10.8. The molecule has 14 heavy (non-hydrogen) atoms. The van der Waals surface area contributed by atoms with Gasteiger partial charge in [-0.1, -0.05) is 18.6 Å². The van der Waals surface area contributed by atoms with Crippen LogP contribution < -0.4 is 5.32 Å². The van der Waals surface area contributed by atoms with Crippen LogP contribution in [-0.4, -0.2) is 24.3 Å². The molecule has 0 bridgehead atoms. The molecule has 0 aliphatic carbocycles. The van der Waals surface area contributed by atoms with Gasteiger partial charge in [0.05, 0.1) is 18.8 Å². The molecule has 2 nitrogen and oxygen atoms in total. The third-order valence-electron chi connectivity index (χ3n) is 2.92. The molecule has 2 heteroatoms. The van der Waals surface area contributed by atoms with Crippen molar-refractivity contribution in [2.45, 2.75) is 58.7 Å². The van der Waals surface area contributed by atoms with Crippen LogP contribution in [0.15, 0.2) is 11.6 Å². The monoisotopic (exact) mass is 197 g/mol. The van der Waals surface area contributed by atoms with Gasteiger partial charge in [0.25, 0.3) is 0 Å². The quantitative estimate of drug-likeness (QED) is 0.687. The van der Waals surface area contributed by atoms with Crippen molar-refractivity contribution >= 4 is 0 Å². The molecule has 1 N–H and O–H groups in total. The van der Waals surface area contributed by atoms with Crippen LogP contribution in [0.1, 0.15) is 41.0 Å². The SMILES string of the molecule is C/C=C(\C)C1NC(C)(C)COC1CC. The lowest BCUT2D eigenvalue weighted by molar-refractivity contribution is -0.0443. The molecular formula is C12H23NO. The summed E-state index contributed by atoms with van der Waals surface area (Å²) in [6.45, 7) is 11.6. The van der Waals surface area contributed by atoms with E-state index in [1.165, 1.54) is 5.57 Å². The molecular weight excluding hydrogens is 174 g/mol. The molecule has 0 aromatic rings. The second-order valence-electron chi connectivity index (χ2n) is 4.80. The fourth-order valence-electron chi connectivity index (χ4n) is 1.91. The first-order valence-corrected chi connectivity index (χ1v) is 5.52. The van der Waals surface area contributed by atoms with Crippen molar-refractivity contribution in [3.63, 3.8) is 0 Å². The van der Waals surface area contributed by atoms with Gasteiger partial charge in [-0.3, -0.25) is 0 Å². The number of morpholine rings is 1. The van der Waals surface area contributed by atoms with Gasteiger partial charge in [0.1, 0.15) is 0 Å². The molecule has 0 spiro atoms. The van der Waals surface area contributed by atoms with Crippen molar-refractivity contribution < 1.29 is 4.74 Å². The largest absolute Gasteiger partial charge is 0.374 e. The Morgan fingerprint density at radius 1 is 1.57 bits per heavy atom. The zero-order valence-electron chi connectivity index (χ0n) is 10.1. The van der Waals surface area contributed by atoms with Crippen molar-refractivity contribution in [3.8, 4) is 0 Å². The van der Waals surface area contributed by atoms with Gasteiger partial charge in [0, 0.05) is 5.54 Å². The average Bonchev–Trinajstić information content (AvgIpc) is 2.15. The lowest BCUT2D eigenvalue weighted by Gasteiger charge is -2.42. The van der Waals surface area contributed by atoms with Crippen LogP contribution in [0.4, 0.5) is 0 Å². The van der Waals surface area contributed by atoms with Gasteiger partial charge in [-0.15, -0.1) is 0 Å². The van der Waals surface area contributed by atoms with Gasteiger partial charge in [0.2, 0.25) is 0 Å². The van der Waals surface area contributed by atoms with Crippen LogP contribution in [0.2, 0.25) is 0 Å². The topological polar surface area (TPSA) is 21.3 Å². The minimum Gasteiger partial charge on any atom is -0.374 e. The molecule has 0 radical (unpaired) electrons. The summed E-state index contributed by atoms with van der Waals surface area (Å²) < 4.78 is 5.87. The highest BCUT2D eigenvalue weighted by molar-refractivity contribution is 5.12. The molecule has 1 aliphatic heterocycles. The van der Waals surface area contributed by atoms with E-state index in [2.05, 4.69) is 46.0 Å². The van der Waals surface area contributed by atoms with Crippen molar-refractivity contribution in [3.05, 3.63) is 11.6 Å². The number of ether oxygens (including phenoxy) is 1. The van der Waals surface area contributed by atoms with Gasteiger partial charge in [0.15, 0.2) is 0 Å². The predicted octanol–water partition coefficient (Wildman–Crippen LogP) is 2.50. The molecule has 0 amide bonds. The van der Waals surface area contributed by atoms with Gasteiger partial charge >= 0.3 is 0 Å². The second kappa shape index (κ2) is 4.45. The molecule has 1 saturated heterocycles. The van der Waals surface area contributed by atoms with E-state index in [4.69, 9.17) is 4.74 Å². The molecule has 1 aliphatic rings. The highest BCUT2D eigenvalue weighted by Crippen LogP contribution is 2.22. The summed E-state index contributed by atoms with van der Waals surface area (Å²) in [5.74, 6) is 0. The van der Waals surface area contributed by atoms with Gasteiger partial charge < -0.3 is 10.1 Å². The van der Waals surface area contributed by atoms with Crippen LogP contribution >= 0.6 is 0 Å². The number of nitrogens with one attached hydrogen (secondary N) is 1. The molecule has 1 rings (SSSR count).